The average Bonchev–Trinajstić information content (AvgIpc) is 3.32. The number of aromatic nitrogens is 2. The second kappa shape index (κ2) is 9.71. The number of piperidine rings is 1. The number of pyridine rings is 1. The molecule has 5 rings (SSSR count). The van der Waals surface area contributed by atoms with Gasteiger partial charge in [-0.05, 0) is 43.3 Å². The molecule has 0 saturated carbocycles. The molecule has 0 radical (unpaired) electrons. The maximum Gasteiger partial charge on any atom is 0.256 e. The van der Waals surface area contributed by atoms with Gasteiger partial charge in [-0.15, -0.1) is 0 Å². The topological polar surface area (TPSA) is 79.2 Å². The zero-order valence-electron chi connectivity index (χ0n) is 19.4. The van der Waals surface area contributed by atoms with Crippen LogP contribution in [0, 0.1) is 11.6 Å². The number of likely N-dealkylation sites (tertiary alicyclic amines) is 1. The first-order chi connectivity index (χ1) is 16.9. The van der Waals surface area contributed by atoms with Gasteiger partial charge in [-0.2, -0.15) is 0 Å². The van der Waals surface area contributed by atoms with Crippen LogP contribution in [-0.2, 0) is 9.53 Å². The number of fused-ring (bicyclic) bond motifs is 1. The predicted molar refractivity (Wildman–Crippen MR) is 124 cm³/mol. The van der Waals surface area contributed by atoms with E-state index in [-0.39, 0.29) is 30.9 Å². The molecule has 3 aromatic rings. The molecule has 3 atom stereocenters. The standard InChI is InChI=1S/C25H27F2N5O3/c1-30-7-8-35-14-23(30)24(33)29-21-13-31(6-4-19(21)16-9-17(26)11-18(27)10-16)25(34)20-3-2-5-32-15-28-12-22(20)32/h2-3,5,9-12,15,19,21,23H,4,6-8,13-14H2,1H3,(H,29,33)/t19-,21+,23+/m0/s1. The Labute approximate surface area is 201 Å². The summed E-state index contributed by atoms with van der Waals surface area (Å²) in [7, 11) is 1.86. The van der Waals surface area contributed by atoms with Gasteiger partial charge in [0.05, 0.1) is 42.9 Å². The highest BCUT2D eigenvalue weighted by atomic mass is 19.1. The first-order valence-electron chi connectivity index (χ1n) is 11.6. The van der Waals surface area contributed by atoms with Gasteiger partial charge in [0.25, 0.3) is 5.91 Å². The van der Waals surface area contributed by atoms with Gasteiger partial charge in [-0.25, -0.2) is 13.8 Å². The molecule has 2 fully saturated rings. The number of carbonyl (C=O) groups excluding carboxylic acids is 2. The van der Waals surface area contributed by atoms with Gasteiger partial charge in [0.2, 0.25) is 5.91 Å². The number of benzene rings is 1. The third kappa shape index (κ3) is 4.76. The van der Waals surface area contributed by atoms with Crippen LogP contribution in [0.25, 0.3) is 5.52 Å². The molecule has 4 heterocycles. The molecule has 2 aliphatic rings. The minimum atomic E-state index is -0.670. The largest absolute Gasteiger partial charge is 0.378 e. The fourth-order valence-electron chi connectivity index (χ4n) is 5.01. The van der Waals surface area contributed by atoms with Crippen molar-refractivity contribution in [1.29, 1.82) is 0 Å². The lowest BCUT2D eigenvalue weighted by Gasteiger charge is -2.41. The van der Waals surface area contributed by atoms with E-state index in [0.29, 0.717) is 42.8 Å². The van der Waals surface area contributed by atoms with Gasteiger partial charge in [0.15, 0.2) is 0 Å². The fourth-order valence-corrected chi connectivity index (χ4v) is 5.01. The van der Waals surface area contributed by atoms with Crippen LogP contribution in [0.15, 0.2) is 49.1 Å². The Morgan fingerprint density at radius 2 is 1.97 bits per heavy atom. The van der Waals surface area contributed by atoms with Crippen LogP contribution in [0.4, 0.5) is 8.78 Å². The zero-order valence-corrected chi connectivity index (χ0v) is 19.4. The van der Waals surface area contributed by atoms with Gasteiger partial charge in [0, 0.05) is 37.8 Å². The second-order valence-corrected chi connectivity index (χ2v) is 9.14. The van der Waals surface area contributed by atoms with Crippen molar-refractivity contribution in [3.05, 3.63) is 71.8 Å². The van der Waals surface area contributed by atoms with Crippen LogP contribution >= 0.6 is 0 Å². The van der Waals surface area contributed by atoms with Crippen molar-refractivity contribution in [3.63, 3.8) is 0 Å². The second-order valence-electron chi connectivity index (χ2n) is 9.14. The number of morpholine rings is 1. The molecular formula is C25H27F2N5O3. The van der Waals surface area contributed by atoms with E-state index in [1.165, 1.54) is 12.1 Å². The first-order valence-corrected chi connectivity index (χ1v) is 11.6. The fraction of sp³-hybridized carbons (Fsp3) is 0.400. The predicted octanol–water partition coefficient (Wildman–Crippen LogP) is 2.06. The number of rotatable bonds is 4. The number of nitrogens with one attached hydrogen (secondary N) is 1. The summed E-state index contributed by atoms with van der Waals surface area (Å²) in [4.78, 5) is 34.4. The third-order valence-electron chi connectivity index (χ3n) is 6.92. The van der Waals surface area contributed by atoms with Gasteiger partial charge >= 0.3 is 0 Å². The van der Waals surface area contributed by atoms with Crippen LogP contribution in [0.3, 0.4) is 0 Å². The molecule has 1 aromatic carbocycles. The van der Waals surface area contributed by atoms with Gasteiger partial charge in [-0.1, -0.05) is 0 Å². The molecule has 2 aromatic heterocycles. The average molecular weight is 484 g/mol. The molecular weight excluding hydrogens is 456 g/mol. The summed E-state index contributed by atoms with van der Waals surface area (Å²) >= 11 is 0. The zero-order chi connectivity index (χ0) is 24.5. The van der Waals surface area contributed by atoms with E-state index in [2.05, 4.69) is 10.3 Å². The number of likely N-dealkylation sites (N-methyl/N-ethyl adjacent to an activating group) is 1. The van der Waals surface area contributed by atoms with E-state index < -0.39 is 23.7 Å². The van der Waals surface area contributed by atoms with Crippen molar-refractivity contribution in [2.24, 2.45) is 0 Å². The summed E-state index contributed by atoms with van der Waals surface area (Å²) in [6, 6.07) is 5.95. The van der Waals surface area contributed by atoms with Crippen molar-refractivity contribution < 1.29 is 23.1 Å². The summed E-state index contributed by atoms with van der Waals surface area (Å²) in [5.41, 5.74) is 1.66. The van der Waals surface area contributed by atoms with Crippen molar-refractivity contribution in [2.75, 3.05) is 39.9 Å². The Morgan fingerprint density at radius 1 is 1.17 bits per heavy atom. The maximum absolute atomic E-state index is 14.0. The van der Waals surface area contributed by atoms with E-state index in [0.717, 1.165) is 6.07 Å². The summed E-state index contributed by atoms with van der Waals surface area (Å²) < 4.78 is 35.3. The SMILES string of the molecule is CN1CCOC[C@@H]1C(=O)N[C@@H]1CN(C(=O)c2cccn3cncc23)CC[C@H]1c1cc(F)cc(F)c1. The number of carbonyl (C=O) groups is 2. The van der Waals surface area contributed by atoms with Crippen molar-refractivity contribution in [2.45, 2.75) is 24.4 Å². The Balaban J connectivity index is 1.42. The quantitative estimate of drug-likeness (QED) is 0.615. The molecule has 2 aliphatic heterocycles. The third-order valence-corrected chi connectivity index (χ3v) is 6.92. The lowest BCUT2D eigenvalue weighted by molar-refractivity contribution is -0.132. The molecule has 0 spiro atoms. The van der Waals surface area contributed by atoms with Crippen LogP contribution in [0.5, 0.6) is 0 Å². The summed E-state index contributed by atoms with van der Waals surface area (Å²) in [5.74, 6) is -2.11. The summed E-state index contributed by atoms with van der Waals surface area (Å²) in [6.45, 7) is 2.04. The Kier molecular flexibility index (Phi) is 6.48. The molecule has 2 saturated heterocycles. The molecule has 10 heteroatoms. The smallest absolute Gasteiger partial charge is 0.256 e. The number of imidazole rings is 1. The Bertz CT molecular complexity index is 1230. The van der Waals surface area contributed by atoms with E-state index in [1.807, 2.05) is 18.1 Å². The maximum atomic E-state index is 14.0. The Morgan fingerprint density at radius 3 is 2.74 bits per heavy atom. The molecule has 0 unspecified atom stereocenters. The number of ether oxygens (including phenoxy) is 1. The van der Waals surface area contributed by atoms with Crippen molar-refractivity contribution in [1.82, 2.24) is 24.5 Å². The lowest BCUT2D eigenvalue weighted by Crippen LogP contribution is -2.58. The van der Waals surface area contributed by atoms with Gasteiger partial charge < -0.3 is 19.4 Å². The van der Waals surface area contributed by atoms with Crippen molar-refractivity contribution >= 4 is 17.3 Å². The lowest BCUT2D eigenvalue weighted by atomic mass is 9.84. The minimum Gasteiger partial charge on any atom is -0.378 e. The van der Waals surface area contributed by atoms with Crippen LogP contribution < -0.4 is 5.32 Å². The highest BCUT2D eigenvalue weighted by molar-refractivity contribution is 6.00. The number of hydrogen-bond acceptors (Lipinski definition) is 5. The van der Waals surface area contributed by atoms with E-state index in [4.69, 9.17) is 4.74 Å². The number of halogens is 2. The highest BCUT2D eigenvalue weighted by Gasteiger charge is 2.37. The Hall–Kier alpha value is -3.37. The van der Waals surface area contributed by atoms with Crippen LogP contribution in [-0.4, -0.2) is 83.0 Å². The molecule has 184 valence electrons. The first kappa shape index (κ1) is 23.4. The number of hydrogen-bond donors (Lipinski definition) is 1. The van der Waals surface area contributed by atoms with E-state index >= 15 is 0 Å². The molecule has 0 bridgehead atoms. The van der Waals surface area contributed by atoms with Crippen molar-refractivity contribution in [3.8, 4) is 0 Å². The number of amides is 2. The number of nitrogens with zero attached hydrogens (tertiary/aromatic N) is 4. The normalized spacial score (nSPS) is 23.4. The monoisotopic (exact) mass is 483 g/mol. The minimum absolute atomic E-state index is 0.183. The van der Waals surface area contributed by atoms with Gasteiger partial charge in [-0.3, -0.25) is 14.5 Å². The van der Waals surface area contributed by atoms with Crippen LogP contribution in [0.2, 0.25) is 0 Å². The molecule has 8 nitrogen and oxygen atoms in total. The molecule has 2 amide bonds. The van der Waals surface area contributed by atoms with E-state index in [9.17, 15) is 18.4 Å². The van der Waals surface area contributed by atoms with E-state index in [1.54, 1.807) is 34.0 Å². The summed E-state index contributed by atoms with van der Waals surface area (Å²) in [5, 5.41) is 3.06. The van der Waals surface area contributed by atoms with Gasteiger partial charge in [0.1, 0.15) is 17.7 Å². The highest BCUT2D eigenvalue weighted by Crippen LogP contribution is 2.31. The summed E-state index contributed by atoms with van der Waals surface area (Å²) in [6.07, 6.45) is 5.52. The van der Waals surface area contributed by atoms with Crippen LogP contribution in [0.1, 0.15) is 28.3 Å². The molecule has 0 aliphatic carbocycles. The molecule has 1 N–H and O–H groups in total. The molecule has 35 heavy (non-hydrogen) atoms.